The highest BCUT2D eigenvalue weighted by Crippen LogP contribution is 2.30. The van der Waals surface area contributed by atoms with Crippen molar-refractivity contribution in [2.24, 2.45) is 0 Å². The number of rotatable bonds is 2. The summed E-state index contributed by atoms with van der Waals surface area (Å²) in [6.45, 7) is 0.570. The zero-order valence-corrected chi connectivity index (χ0v) is 7.19. The van der Waals surface area contributed by atoms with Crippen molar-refractivity contribution >= 4 is 11.9 Å². The van der Waals surface area contributed by atoms with Gasteiger partial charge in [-0.2, -0.15) is 0 Å². The van der Waals surface area contributed by atoms with Gasteiger partial charge < -0.3 is 9.53 Å². The van der Waals surface area contributed by atoms with Crippen molar-refractivity contribution in [2.45, 2.75) is 6.42 Å². The lowest BCUT2D eigenvalue weighted by Crippen LogP contribution is -2.04. The van der Waals surface area contributed by atoms with Crippen LogP contribution in [0.3, 0.4) is 0 Å². The van der Waals surface area contributed by atoms with Crippen molar-refractivity contribution in [3.63, 3.8) is 0 Å². The van der Waals surface area contributed by atoms with E-state index in [-0.39, 0.29) is 0 Å². The number of para-hydroxylation sites is 1. The van der Waals surface area contributed by atoms with E-state index in [1.165, 1.54) is 0 Å². The van der Waals surface area contributed by atoms with Crippen LogP contribution in [-0.2, 0) is 4.79 Å². The number of allylic oxidation sites excluding steroid dienone is 1. The summed E-state index contributed by atoms with van der Waals surface area (Å²) in [7, 11) is 0. The monoisotopic (exact) mass is 174 g/mol. The lowest BCUT2D eigenvalue weighted by atomic mass is 10.0. The highest BCUT2D eigenvalue weighted by Gasteiger charge is 2.11. The van der Waals surface area contributed by atoms with Gasteiger partial charge in [0.15, 0.2) is 0 Å². The molecule has 2 heteroatoms. The third-order valence-electron chi connectivity index (χ3n) is 2.10. The quantitative estimate of drug-likeness (QED) is 0.641. The van der Waals surface area contributed by atoms with Gasteiger partial charge in [-0.05, 0) is 17.7 Å². The van der Waals surface area contributed by atoms with Gasteiger partial charge in [-0.25, -0.2) is 0 Å². The number of benzene rings is 1. The highest BCUT2D eigenvalue weighted by atomic mass is 16.5. The Morgan fingerprint density at radius 2 is 2.23 bits per heavy atom. The Kier molecular flexibility index (Phi) is 2.13. The molecule has 0 bridgehead atoms. The molecule has 2 rings (SSSR count). The Balaban J connectivity index is 2.41. The van der Waals surface area contributed by atoms with Crippen LogP contribution in [0.25, 0.3) is 5.57 Å². The van der Waals surface area contributed by atoms with Gasteiger partial charge in [-0.15, -0.1) is 0 Å². The van der Waals surface area contributed by atoms with Crippen LogP contribution in [0.15, 0.2) is 30.3 Å². The number of carbonyl (C=O) groups excluding carboxylic acids is 1. The van der Waals surface area contributed by atoms with Gasteiger partial charge >= 0.3 is 0 Å². The topological polar surface area (TPSA) is 26.3 Å². The predicted octanol–water partition coefficient (Wildman–Crippen LogP) is 2.05. The summed E-state index contributed by atoms with van der Waals surface area (Å²) in [5, 5.41) is 0. The maximum absolute atomic E-state index is 10.4. The first-order valence-electron chi connectivity index (χ1n) is 4.26. The van der Waals surface area contributed by atoms with Crippen molar-refractivity contribution in [3.05, 3.63) is 35.9 Å². The zero-order chi connectivity index (χ0) is 9.10. The van der Waals surface area contributed by atoms with E-state index in [1.54, 1.807) is 0 Å². The first kappa shape index (κ1) is 8.05. The standard InChI is InChI=1S/C11H10O2/c12-7-5-9-6-8-13-11-4-2-1-3-10(9)11/h1-4,6-7H,5,8H2. The molecule has 13 heavy (non-hydrogen) atoms. The van der Waals surface area contributed by atoms with Gasteiger partial charge in [0, 0.05) is 12.0 Å². The molecule has 1 heterocycles. The lowest BCUT2D eigenvalue weighted by molar-refractivity contribution is -0.107. The van der Waals surface area contributed by atoms with Crippen LogP contribution in [0.2, 0.25) is 0 Å². The second-order valence-corrected chi connectivity index (χ2v) is 2.91. The summed E-state index contributed by atoms with van der Waals surface area (Å²) in [6.07, 6.45) is 3.35. The third-order valence-corrected chi connectivity index (χ3v) is 2.10. The van der Waals surface area contributed by atoms with Crippen LogP contribution < -0.4 is 4.74 Å². The Bertz CT molecular complexity index is 353. The second kappa shape index (κ2) is 3.44. The van der Waals surface area contributed by atoms with Crippen molar-refractivity contribution in [2.75, 3.05) is 6.61 Å². The van der Waals surface area contributed by atoms with Crippen LogP contribution in [0.1, 0.15) is 12.0 Å². The summed E-state index contributed by atoms with van der Waals surface area (Å²) in [5.41, 5.74) is 2.11. The van der Waals surface area contributed by atoms with E-state index < -0.39 is 0 Å². The molecule has 1 aliphatic heterocycles. The fourth-order valence-corrected chi connectivity index (χ4v) is 1.48. The molecular formula is C11H10O2. The maximum atomic E-state index is 10.4. The lowest BCUT2D eigenvalue weighted by Gasteiger charge is -2.16. The van der Waals surface area contributed by atoms with E-state index >= 15 is 0 Å². The maximum Gasteiger partial charge on any atom is 0.127 e. The summed E-state index contributed by atoms with van der Waals surface area (Å²) in [4.78, 5) is 10.4. The van der Waals surface area contributed by atoms with E-state index in [1.807, 2.05) is 30.3 Å². The molecule has 0 unspecified atom stereocenters. The number of hydrogen-bond acceptors (Lipinski definition) is 2. The van der Waals surface area contributed by atoms with E-state index in [4.69, 9.17) is 4.74 Å². The zero-order valence-electron chi connectivity index (χ0n) is 7.19. The molecule has 66 valence electrons. The number of fused-ring (bicyclic) bond motifs is 1. The molecule has 0 amide bonds. The Hall–Kier alpha value is -1.57. The van der Waals surface area contributed by atoms with E-state index in [0.717, 1.165) is 23.2 Å². The van der Waals surface area contributed by atoms with Gasteiger partial charge in [0.05, 0.1) is 0 Å². The second-order valence-electron chi connectivity index (χ2n) is 2.91. The molecule has 0 spiro atoms. The van der Waals surface area contributed by atoms with Crippen molar-refractivity contribution in [1.82, 2.24) is 0 Å². The Labute approximate surface area is 76.8 Å². The summed E-state index contributed by atoms with van der Waals surface area (Å²) in [5.74, 6) is 0.877. The van der Waals surface area contributed by atoms with Crippen LogP contribution in [0.4, 0.5) is 0 Å². The fourth-order valence-electron chi connectivity index (χ4n) is 1.48. The molecular weight excluding hydrogens is 164 g/mol. The minimum absolute atomic E-state index is 0.473. The average molecular weight is 174 g/mol. The van der Waals surface area contributed by atoms with Crippen LogP contribution in [0, 0.1) is 0 Å². The minimum Gasteiger partial charge on any atom is -0.489 e. The molecule has 0 aromatic heterocycles. The van der Waals surface area contributed by atoms with E-state index in [9.17, 15) is 4.79 Å². The van der Waals surface area contributed by atoms with E-state index in [0.29, 0.717) is 13.0 Å². The molecule has 0 radical (unpaired) electrons. The van der Waals surface area contributed by atoms with Gasteiger partial charge in [0.1, 0.15) is 18.6 Å². The molecule has 1 aromatic rings. The first-order valence-corrected chi connectivity index (χ1v) is 4.26. The van der Waals surface area contributed by atoms with Crippen LogP contribution in [0.5, 0.6) is 5.75 Å². The summed E-state index contributed by atoms with van der Waals surface area (Å²) in [6, 6.07) is 7.78. The molecule has 0 aliphatic carbocycles. The summed E-state index contributed by atoms with van der Waals surface area (Å²) >= 11 is 0. The van der Waals surface area contributed by atoms with Gasteiger partial charge in [0.2, 0.25) is 0 Å². The molecule has 0 saturated heterocycles. The molecule has 1 aliphatic rings. The largest absolute Gasteiger partial charge is 0.489 e. The van der Waals surface area contributed by atoms with Crippen molar-refractivity contribution in [3.8, 4) is 5.75 Å². The summed E-state index contributed by atoms with van der Waals surface area (Å²) < 4.78 is 5.41. The number of aldehydes is 1. The molecule has 0 N–H and O–H groups in total. The van der Waals surface area contributed by atoms with Gasteiger partial charge in [-0.1, -0.05) is 18.2 Å². The molecule has 2 nitrogen and oxygen atoms in total. The van der Waals surface area contributed by atoms with Crippen LogP contribution in [-0.4, -0.2) is 12.9 Å². The molecule has 1 aromatic carbocycles. The van der Waals surface area contributed by atoms with Crippen molar-refractivity contribution in [1.29, 1.82) is 0 Å². The third kappa shape index (κ3) is 1.47. The minimum atomic E-state index is 0.473. The fraction of sp³-hybridized carbons (Fsp3) is 0.182. The highest BCUT2D eigenvalue weighted by molar-refractivity contribution is 5.80. The number of ether oxygens (including phenoxy) is 1. The van der Waals surface area contributed by atoms with Gasteiger partial charge in [-0.3, -0.25) is 0 Å². The normalized spacial score (nSPS) is 14.0. The first-order chi connectivity index (χ1) is 6.42. The predicted molar refractivity (Wildman–Crippen MR) is 50.6 cm³/mol. The Morgan fingerprint density at radius 3 is 3.08 bits per heavy atom. The number of carbonyl (C=O) groups is 1. The molecule has 0 saturated carbocycles. The van der Waals surface area contributed by atoms with Gasteiger partial charge in [0.25, 0.3) is 0 Å². The average Bonchev–Trinajstić information content (AvgIpc) is 2.19. The van der Waals surface area contributed by atoms with E-state index in [2.05, 4.69) is 0 Å². The molecule has 0 atom stereocenters. The smallest absolute Gasteiger partial charge is 0.127 e. The van der Waals surface area contributed by atoms with Crippen LogP contribution >= 0.6 is 0 Å². The Morgan fingerprint density at radius 1 is 1.38 bits per heavy atom. The number of hydrogen-bond donors (Lipinski definition) is 0. The SMILES string of the molecule is O=CCC1=CCOc2ccccc21. The molecule has 0 fully saturated rings. The van der Waals surface area contributed by atoms with Crippen molar-refractivity contribution < 1.29 is 9.53 Å².